The van der Waals surface area contributed by atoms with Gasteiger partial charge in [0.25, 0.3) is 0 Å². The Morgan fingerprint density at radius 2 is 2.25 bits per heavy atom. The highest BCUT2D eigenvalue weighted by atomic mass is 16.5. The molecular weight excluding hydrogens is 252 g/mol. The average Bonchev–Trinajstić information content (AvgIpc) is 2.45. The minimum Gasteiger partial charge on any atom is -0.427 e. The Labute approximate surface area is 120 Å². The molecule has 1 N–H and O–H groups in total. The van der Waals surface area contributed by atoms with Crippen LogP contribution in [0.2, 0.25) is 0 Å². The maximum atomic E-state index is 11.1. The molecule has 1 atom stereocenters. The molecule has 0 amide bonds. The van der Waals surface area contributed by atoms with E-state index in [2.05, 4.69) is 22.9 Å². The van der Waals surface area contributed by atoms with Gasteiger partial charge >= 0.3 is 5.97 Å². The third-order valence-corrected chi connectivity index (χ3v) is 3.49. The predicted octanol–water partition coefficient (Wildman–Crippen LogP) is 2.13. The van der Waals surface area contributed by atoms with Crippen LogP contribution < -0.4 is 10.1 Å². The fraction of sp³-hybridized carbons (Fsp3) is 0.438. The van der Waals surface area contributed by atoms with Gasteiger partial charge in [0.2, 0.25) is 0 Å². The second kappa shape index (κ2) is 7.22. The molecule has 0 unspecified atom stereocenters. The zero-order valence-corrected chi connectivity index (χ0v) is 12.0. The van der Waals surface area contributed by atoms with Crippen molar-refractivity contribution in [3.05, 3.63) is 42.5 Å². The van der Waals surface area contributed by atoms with Crippen molar-refractivity contribution in [2.75, 3.05) is 26.2 Å². The summed E-state index contributed by atoms with van der Waals surface area (Å²) in [4.78, 5) is 13.5. The molecule has 0 saturated carbocycles. The minimum atomic E-state index is -0.287. The summed E-state index contributed by atoms with van der Waals surface area (Å²) in [5.74, 6) is 0.323. The summed E-state index contributed by atoms with van der Waals surface area (Å²) in [5, 5.41) is 3.36. The summed E-state index contributed by atoms with van der Waals surface area (Å²) >= 11 is 0. The second-order valence-electron chi connectivity index (χ2n) is 4.99. The number of piperazine rings is 1. The zero-order chi connectivity index (χ0) is 14.4. The van der Waals surface area contributed by atoms with Crippen LogP contribution in [-0.2, 0) is 4.79 Å². The van der Waals surface area contributed by atoms with Gasteiger partial charge in [-0.05, 0) is 24.1 Å². The molecular formula is C16H22N2O2. The Hall–Kier alpha value is -1.65. The van der Waals surface area contributed by atoms with Gasteiger partial charge in [-0.15, -0.1) is 6.58 Å². The van der Waals surface area contributed by atoms with Crippen molar-refractivity contribution in [2.24, 2.45) is 0 Å². The van der Waals surface area contributed by atoms with Crippen LogP contribution in [0.1, 0.15) is 24.9 Å². The SMILES string of the molecule is C=CC[C@@H](c1cccc(OC(C)=O)c1)N1CCNCC1. The number of hydrogen-bond donors (Lipinski definition) is 1. The molecule has 0 aromatic heterocycles. The van der Waals surface area contributed by atoms with E-state index in [-0.39, 0.29) is 5.97 Å². The summed E-state index contributed by atoms with van der Waals surface area (Å²) in [6.07, 6.45) is 2.84. The van der Waals surface area contributed by atoms with E-state index in [0.29, 0.717) is 11.8 Å². The van der Waals surface area contributed by atoms with E-state index in [0.717, 1.165) is 32.6 Å². The smallest absolute Gasteiger partial charge is 0.308 e. The van der Waals surface area contributed by atoms with Gasteiger partial charge in [0.1, 0.15) is 5.75 Å². The van der Waals surface area contributed by atoms with Crippen LogP contribution in [0.4, 0.5) is 0 Å². The van der Waals surface area contributed by atoms with Gasteiger partial charge in [-0.3, -0.25) is 9.69 Å². The van der Waals surface area contributed by atoms with Gasteiger partial charge in [-0.25, -0.2) is 0 Å². The summed E-state index contributed by atoms with van der Waals surface area (Å²) in [6.45, 7) is 9.36. The molecule has 0 radical (unpaired) electrons. The number of nitrogens with zero attached hydrogens (tertiary/aromatic N) is 1. The van der Waals surface area contributed by atoms with E-state index in [1.807, 2.05) is 24.3 Å². The molecule has 1 heterocycles. The minimum absolute atomic E-state index is 0.287. The van der Waals surface area contributed by atoms with E-state index in [1.54, 1.807) is 0 Å². The number of benzene rings is 1. The molecule has 1 fully saturated rings. The van der Waals surface area contributed by atoms with E-state index >= 15 is 0 Å². The van der Waals surface area contributed by atoms with Crippen molar-refractivity contribution in [1.82, 2.24) is 10.2 Å². The van der Waals surface area contributed by atoms with Crippen LogP contribution in [0.15, 0.2) is 36.9 Å². The van der Waals surface area contributed by atoms with Gasteiger partial charge in [0.05, 0.1) is 0 Å². The van der Waals surface area contributed by atoms with Gasteiger partial charge in [-0.2, -0.15) is 0 Å². The molecule has 108 valence electrons. The van der Waals surface area contributed by atoms with Gasteiger partial charge in [0.15, 0.2) is 0 Å². The molecule has 4 heteroatoms. The van der Waals surface area contributed by atoms with Crippen LogP contribution in [0, 0.1) is 0 Å². The number of nitrogens with one attached hydrogen (secondary N) is 1. The van der Waals surface area contributed by atoms with Gasteiger partial charge < -0.3 is 10.1 Å². The largest absolute Gasteiger partial charge is 0.427 e. The number of hydrogen-bond acceptors (Lipinski definition) is 4. The molecule has 0 spiro atoms. The first-order chi connectivity index (χ1) is 9.70. The second-order valence-corrected chi connectivity index (χ2v) is 4.99. The van der Waals surface area contributed by atoms with E-state index in [4.69, 9.17) is 4.74 Å². The van der Waals surface area contributed by atoms with E-state index in [9.17, 15) is 4.79 Å². The highest BCUT2D eigenvalue weighted by Gasteiger charge is 2.21. The molecule has 20 heavy (non-hydrogen) atoms. The Bertz CT molecular complexity index is 467. The monoisotopic (exact) mass is 274 g/mol. The van der Waals surface area contributed by atoms with Crippen molar-refractivity contribution in [3.8, 4) is 5.75 Å². The third kappa shape index (κ3) is 3.92. The van der Waals surface area contributed by atoms with Crippen molar-refractivity contribution in [1.29, 1.82) is 0 Å². The first-order valence-corrected chi connectivity index (χ1v) is 7.04. The standard InChI is InChI=1S/C16H22N2O2/c1-3-5-16(18-10-8-17-9-11-18)14-6-4-7-15(12-14)20-13(2)19/h3-4,6-7,12,16-17H,1,5,8-11H2,2H3/t16-/m0/s1. The lowest BCUT2D eigenvalue weighted by Crippen LogP contribution is -2.45. The summed E-state index contributed by atoms with van der Waals surface area (Å²) in [7, 11) is 0. The molecule has 1 aliphatic heterocycles. The first kappa shape index (κ1) is 14.8. The molecule has 1 aromatic carbocycles. The number of carbonyl (C=O) groups is 1. The van der Waals surface area contributed by atoms with Gasteiger partial charge in [-0.1, -0.05) is 18.2 Å². The lowest BCUT2D eigenvalue weighted by molar-refractivity contribution is -0.131. The van der Waals surface area contributed by atoms with Crippen LogP contribution in [0.5, 0.6) is 5.75 Å². The molecule has 1 aromatic rings. The molecule has 2 rings (SSSR count). The van der Waals surface area contributed by atoms with Crippen LogP contribution >= 0.6 is 0 Å². The highest BCUT2D eigenvalue weighted by molar-refractivity contribution is 5.69. The Morgan fingerprint density at radius 1 is 1.50 bits per heavy atom. The molecule has 0 aliphatic carbocycles. The van der Waals surface area contributed by atoms with E-state index in [1.165, 1.54) is 12.5 Å². The van der Waals surface area contributed by atoms with Crippen molar-refractivity contribution in [2.45, 2.75) is 19.4 Å². The fourth-order valence-electron chi connectivity index (χ4n) is 2.60. The van der Waals surface area contributed by atoms with E-state index < -0.39 is 0 Å². The van der Waals surface area contributed by atoms with Crippen molar-refractivity contribution >= 4 is 5.97 Å². The maximum absolute atomic E-state index is 11.1. The van der Waals surface area contributed by atoms with Crippen molar-refractivity contribution in [3.63, 3.8) is 0 Å². The first-order valence-electron chi connectivity index (χ1n) is 7.04. The average molecular weight is 274 g/mol. The Morgan fingerprint density at radius 3 is 2.90 bits per heavy atom. The third-order valence-electron chi connectivity index (χ3n) is 3.49. The summed E-state index contributed by atoms with van der Waals surface area (Å²) in [6, 6.07) is 8.09. The number of carbonyl (C=O) groups excluding carboxylic acids is 1. The van der Waals surface area contributed by atoms with Gasteiger partial charge in [0, 0.05) is 39.1 Å². The quantitative estimate of drug-likeness (QED) is 0.507. The number of esters is 1. The van der Waals surface area contributed by atoms with Crippen molar-refractivity contribution < 1.29 is 9.53 Å². The zero-order valence-electron chi connectivity index (χ0n) is 12.0. The number of rotatable bonds is 5. The molecule has 1 aliphatic rings. The Kier molecular flexibility index (Phi) is 5.32. The number of ether oxygens (including phenoxy) is 1. The molecule has 0 bridgehead atoms. The molecule has 1 saturated heterocycles. The fourth-order valence-corrected chi connectivity index (χ4v) is 2.60. The normalized spacial score (nSPS) is 17.4. The van der Waals surface area contributed by atoms with Crippen LogP contribution in [-0.4, -0.2) is 37.0 Å². The lowest BCUT2D eigenvalue weighted by atomic mass is 10.0. The van der Waals surface area contributed by atoms with Crippen LogP contribution in [0.3, 0.4) is 0 Å². The summed E-state index contributed by atoms with van der Waals surface area (Å²) in [5.41, 5.74) is 1.17. The topological polar surface area (TPSA) is 41.6 Å². The predicted molar refractivity (Wildman–Crippen MR) is 79.7 cm³/mol. The Balaban J connectivity index is 2.19. The summed E-state index contributed by atoms with van der Waals surface area (Å²) < 4.78 is 5.17. The lowest BCUT2D eigenvalue weighted by Gasteiger charge is -2.34. The molecule has 4 nitrogen and oxygen atoms in total. The van der Waals surface area contributed by atoms with Crippen LogP contribution in [0.25, 0.3) is 0 Å². The maximum Gasteiger partial charge on any atom is 0.308 e. The highest BCUT2D eigenvalue weighted by Crippen LogP contribution is 2.27.